The van der Waals surface area contributed by atoms with Crippen LogP contribution in [-0.4, -0.2) is 12.6 Å². The van der Waals surface area contributed by atoms with Gasteiger partial charge in [0.05, 0.1) is 0 Å². The zero-order valence-electron chi connectivity index (χ0n) is 12.0. The molecule has 1 aromatic carbocycles. The van der Waals surface area contributed by atoms with Crippen LogP contribution in [0.5, 0.6) is 0 Å². The van der Waals surface area contributed by atoms with E-state index in [1.807, 2.05) is 0 Å². The molecule has 1 fully saturated rings. The Kier molecular flexibility index (Phi) is 4.24. The molecule has 0 spiro atoms. The lowest BCUT2D eigenvalue weighted by Crippen LogP contribution is -2.42. The Labute approximate surface area is 114 Å². The van der Waals surface area contributed by atoms with E-state index in [0.717, 1.165) is 37.4 Å². The van der Waals surface area contributed by atoms with Gasteiger partial charge in [-0.25, -0.2) is 8.78 Å². The highest BCUT2D eigenvalue weighted by Crippen LogP contribution is 2.45. The number of nitrogens with one attached hydrogen (secondary N) is 1. The fourth-order valence-corrected chi connectivity index (χ4v) is 3.27. The van der Waals surface area contributed by atoms with Crippen LogP contribution in [0, 0.1) is 17.6 Å². The molecule has 1 saturated carbocycles. The van der Waals surface area contributed by atoms with Crippen LogP contribution in [0.2, 0.25) is 0 Å². The van der Waals surface area contributed by atoms with Gasteiger partial charge in [0.25, 0.3) is 0 Å². The Bertz CT molecular complexity index is 424. The van der Waals surface area contributed by atoms with E-state index in [2.05, 4.69) is 26.1 Å². The van der Waals surface area contributed by atoms with Gasteiger partial charge in [-0.15, -0.1) is 0 Å². The molecule has 0 aliphatic heterocycles. The third-order valence-electron chi connectivity index (χ3n) is 4.47. The summed E-state index contributed by atoms with van der Waals surface area (Å²) in [6, 6.07) is 4.34. The SMILES string of the molecule is CC(C)NCC1(c2cc(F)cc(F)c2)CCCC1C. The van der Waals surface area contributed by atoms with Gasteiger partial charge in [0, 0.05) is 24.1 Å². The molecule has 1 aromatic rings. The van der Waals surface area contributed by atoms with Crippen molar-refractivity contribution in [1.82, 2.24) is 5.32 Å². The third kappa shape index (κ3) is 2.97. The van der Waals surface area contributed by atoms with E-state index in [1.54, 1.807) is 0 Å². The zero-order chi connectivity index (χ0) is 14.0. The lowest BCUT2D eigenvalue weighted by Gasteiger charge is -2.35. The maximum Gasteiger partial charge on any atom is 0.126 e. The van der Waals surface area contributed by atoms with E-state index in [-0.39, 0.29) is 5.41 Å². The van der Waals surface area contributed by atoms with Crippen molar-refractivity contribution in [1.29, 1.82) is 0 Å². The second kappa shape index (κ2) is 5.58. The van der Waals surface area contributed by atoms with Crippen molar-refractivity contribution in [2.75, 3.05) is 6.54 Å². The molecular formula is C16H23F2N. The van der Waals surface area contributed by atoms with Crippen molar-refractivity contribution in [3.63, 3.8) is 0 Å². The Morgan fingerprint density at radius 1 is 1.26 bits per heavy atom. The van der Waals surface area contributed by atoms with Gasteiger partial charge in [-0.05, 0) is 36.5 Å². The molecule has 1 aliphatic carbocycles. The molecule has 1 aliphatic rings. The normalized spacial score (nSPS) is 27.2. The summed E-state index contributed by atoms with van der Waals surface area (Å²) in [4.78, 5) is 0. The van der Waals surface area contributed by atoms with Crippen LogP contribution in [0.15, 0.2) is 18.2 Å². The van der Waals surface area contributed by atoms with E-state index in [4.69, 9.17) is 0 Å². The quantitative estimate of drug-likeness (QED) is 0.868. The highest BCUT2D eigenvalue weighted by atomic mass is 19.1. The van der Waals surface area contributed by atoms with Gasteiger partial charge in [0.1, 0.15) is 11.6 Å². The molecule has 1 N–H and O–H groups in total. The first-order valence-electron chi connectivity index (χ1n) is 7.14. The molecule has 2 atom stereocenters. The van der Waals surface area contributed by atoms with Crippen LogP contribution in [-0.2, 0) is 5.41 Å². The number of rotatable bonds is 4. The summed E-state index contributed by atoms with van der Waals surface area (Å²) in [5, 5.41) is 3.45. The van der Waals surface area contributed by atoms with Gasteiger partial charge in [-0.2, -0.15) is 0 Å². The molecule has 106 valence electrons. The summed E-state index contributed by atoms with van der Waals surface area (Å²) in [5.41, 5.74) is 0.677. The predicted octanol–water partition coefficient (Wildman–Crippen LogP) is 4.02. The highest BCUT2D eigenvalue weighted by molar-refractivity contribution is 5.30. The molecule has 1 nitrogen and oxygen atoms in total. The van der Waals surface area contributed by atoms with Crippen molar-refractivity contribution >= 4 is 0 Å². The van der Waals surface area contributed by atoms with E-state index in [1.165, 1.54) is 12.1 Å². The summed E-state index contributed by atoms with van der Waals surface area (Å²) in [6.07, 6.45) is 3.24. The van der Waals surface area contributed by atoms with E-state index >= 15 is 0 Å². The number of hydrogen-bond donors (Lipinski definition) is 1. The van der Waals surface area contributed by atoms with E-state index < -0.39 is 11.6 Å². The Morgan fingerprint density at radius 2 is 1.89 bits per heavy atom. The second-order valence-electron chi connectivity index (χ2n) is 6.14. The summed E-state index contributed by atoms with van der Waals surface area (Å²) >= 11 is 0. The van der Waals surface area contributed by atoms with Crippen molar-refractivity contribution in [2.24, 2.45) is 5.92 Å². The Hall–Kier alpha value is -0.960. The largest absolute Gasteiger partial charge is 0.314 e. The van der Waals surface area contributed by atoms with Crippen molar-refractivity contribution < 1.29 is 8.78 Å². The van der Waals surface area contributed by atoms with Crippen molar-refractivity contribution in [2.45, 2.75) is 51.5 Å². The summed E-state index contributed by atoms with van der Waals surface area (Å²) in [7, 11) is 0. The molecule has 0 radical (unpaired) electrons. The van der Waals surface area contributed by atoms with Crippen LogP contribution in [0.3, 0.4) is 0 Å². The molecule has 0 bridgehead atoms. The number of hydrogen-bond acceptors (Lipinski definition) is 1. The minimum absolute atomic E-state index is 0.132. The summed E-state index contributed by atoms with van der Waals surface area (Å²) in [5.74, 6) is -0.504. The van der Waals surface area contributed by atoms with Gasteiger partial charge in [-0.1, -0.05) is 27.2 Å². The highest BCUT2D eigenvalue weighted by Gasteiger charge is 2.41. The smallest absolute Gasteiger partial charge is 0.126 e. The third-order valence-corrected chi connectivity index (χ3v) is 4.47. The molecule has 19 heavy (non-hydrogen) atoms. The fourth-order valence-electron chi connectivity index (χ4n) is 3.27. The molecule has 2 rings (SSSR count). The van der Waals surface area contributed by atoms with Gasteiger partial charge in [-0.3, -0.25) is 0 Å². The van der Waals surface area contributed by atoms with E-state index in [9.17, 15) is 8.78 Å². The standard InChI is InChI=1S/C16H23F2N/c1-11(2)19-10-16(6-4-5-12(16)3)13-7-14(17)9-15(18)8-13/h7-9,11-12,19H,4-6,10H2,1-3H3. The molecule has 3 heteroatoms. The molecule has 0 amide bonds. The van der Waals surface area contributed by atoms with Crippen molar-refractivity contribution in [3.8, 4) is 0 Å². The van der Waals surface area contributed by atoms with Crippen LogP contribution in [0.1, 0.15) is 45.6 Å². The minimum Gasteiger partial charge on any atom is -0.314 e. The van der Waals surface area contributed by atoms with Crippen molar-refractivity contribution in [3.05, 3.63) is 35.4 Å². The first-order chi connectivity index (χ1) is 8.94. The van der Waals surface area contributed by atoms with Gasteiger partial charge in [0.15, 0.2) is 0 Å². The first kappa shape index (κ1) is 14.4. The Morgan fingerprint density at radius 3 is 2.37 bits per heavy atom. The van der Waals surface area contributed by atoms with E-state index in [0.29, 0.717) is 12.0 Å². The second-order valence-corrected chi connectivity index (χ2v) is 6.14. The molecule has 0 heterocycles. The van der Waals surface area contributed by atoms with Gasteiger partial charge >= 0.3 is 0 Å². The summed E-state index contributed by atoms with van der Waals surface area (Å²) < 4.78 is 27.0. The maximum atomic E-state index is 13.5. The van der Waals surface area contributed by atoms with Gasteiger partial charge < -0.3 is 5.32 Å². The number of halogens is 2. The monoisotopic (exact) mass is 267 g/mol. The van der Waals surface area contributed by atoms with Crippen LogP contribution >= 0.6 is 0 Å². The lowest BCUT2D eigenvalue weighted by molar-refractivity contribution is 0.306. The predicted molar refractivity (Wildman–Crippen MR) is 74.2 cm³/mol. The molecular weight excluding hydrogens is 244 g/mol. The summed E-state index contributed by atoms with van der Waals surface area (Å²) in [6.45, 7) is 7.17. The fraction of sp³-hybridized carbons (Fsp3) is 0.625. The lowest BCUT2D eigenvalue weighted by atomic mass is 9.72. The molecule has 0 saturated heterocycles. The van der Waals surface area contributed by atoms with Crippen LogP contribution in [0.4, 0.5) is 8.78 Å². The van der Waals surface area contributed by atoms with Gasteiger partial charge in [0.2, 0.25) is 0 Å². The average molecular weight is 267 g/mol. The first-order valence-corrected chi connectivity index (χ1v) is 7.14. The maximum absolute atomic E-state index is 13.5. The molecule has 2 unspecified atom stereocenters. The number of benzene rings is 1. The zero-order valence-corrected chi connectivity index (χ0v) is 12.0. The topological polar surface area (TPSA) is 12.0 Å². The average Bonchev–Trinajstić information content (AvgIpc) is 2.68. The van der Waals surface area contributed by atoms with Crippen LogP contribution < -0.4 is 5.32 Å². The Balaban J connectivity index is 2.36. The van der Waals surface area contributed by atoms with Crippen LogP contribution in [0.25, 0.3) is 0 Å². The minimum atomic E-state index is -0.474. The molecule has 0 aromatic heterocycles.